The standard InChI is InChI=1S/C8H16N2O2/c1-9-5-7(12)10-8(6-11)3-2-4-8/h9,11H,2-6H2,1H3,(H,10,12). The van der Waals surface area contributed by atoms with Crippen molar-refractivity contribution in [3.63, 3.8) is 0 Å². The summed E-state index contributed by atoms with van der Waals surface area (Å²) in [4.78, 5) is 11.1. The largest absolute Gasteiger partial charge is 0.394 e. The normalized spacial score (nSPS) is 19.8. The van der Waals surface area contributed by atoms with E-state index in [1.807, 2.05) is 0 Å². The lowest BCUT2D eigenvalue weighted by Gasteiger charge is -2.40. The van der Waals surface area contributed by atoms with Crippen LogP contribution in [0.25, 0.3) is 0 Å². The third kappa shape index (κ3) is 1.95. The Morgan fingerprint density at radius 1 is 1.58 bits per heavy atom. The van der Waals surface area contributed by atoms with Gasteiger partial charge in [0.15, 0.2) is 0 Å². The number of aliphatic hydroxyl groups excluding tert-OH is 1. The molecule has 1 fully saturated rings. The molecule has 1 aliphatic rings. The van der Waals surface area contributed by atoms with Crippen molar-refractivity contribution in [3.8, 4) is 0 Å². The van der Waals surface area contributed by atoms with Crippen molar-refractivity contribution in [2.75, 3.05) is 20.2 Å². The van der Waals surface area contributed by atoms with Gasteiger partial charge in [-0.15, -0.1) is 0 Å². The van der Waals surface area contributed by atoms with E-state index in [1.54, 1.807) is 7.05 Å². The number of hydrogen-bond acceptors (Lipinski definition) is 3. The molecule has 1 rings (SSSR count). The second-order valence-electron chi connectivity index (χ2n) is 3.37. The summed E-state index contributed by atoms with van der Waals surface area (Å²) in [6, 6.07) is 0. The number of carbonyl (C=O) groups is 1. The first-order valence-corrected chi connectivity index (χ1v) is 4.29. The maximum Gasteiger partial charge on any atom is 0.234 e. The highest BCUT2D eigenvalue weighted by Gasteiger charge is 2.37. The summed E-state index contributed by atoms with van der Waals surface area (Å²) >= 11 is 0. The molecule has 0 spiro atoms. The Labute approximate surface area is 72.3 Å². The average molecular weight is 172 g/mol. The van der Waals surface area contributed by atoms with E-state index in [-0.39, 0.29) is 18.1 Å². The van der Waals surface area contributed by atoms with Crippen LogP contribution in [0.3, 0.4) is 0 Å². The number of aliphatic hydroxyl groups is 1. The van der Waals surface area contributed by atoms with Crippen LogP contribution in [0.5, 0.6) is 0 Å². The predicted molar refractivity (Wildman–Crippen MR) is 45.7 cm³/mol. The van der Waals surface area contributed by atoms with E-state index in [0.717, 1.165) is 19.3 Å². The lowest BCUT2D eigenvalue weighted by Crippen LogP contribution is -2.57. The highest BCUT2D eigenvalue weighted by atomic mass is 16.3. The molecule has 70 valence electrons. The monoisotopic (exact) mass is 172 g/mol. The summed E-state index contributed by atoms with van der Waals surface area (Å²) in [5, 5.41) is 14.6. The van der Waals surface area contributed by atoms with Gasteiger partial charge < -0.3 is 15.7 Å². The van der Waals surface area contributed by atoms with Crippen molar-refractivity contribution in [2.45, 2.75) is 24.8 Å². The van der Waals surface area contributed by atoms with Crippen LogP contribution in [0, 0.1) is 0 Å². The van der Waals surface area contributed by atoms with Crippen LogP contribution in [-0.4, -0.2) is 36.8 Å². The van der Waals surface area contributed by atoms with Crippen LogP contribution in [0.2, 0.25) is 0 Å². The van der Waals surface area contributed by atoms with Crippen LogP contribution in [0.1, 0.15) is 19.3 Å². The maximum atomic E-state index is 11.1. The van der Waals surface area contributed by atoms with E-state index >= 15 is 0 Å². The van der Waals surface area contributed by atoms with Crippen molar-refractivity contribution in [2.24, 2.45) is 0 Å². The fourth-order valence-corrected chi connectivity index (χ4v) is 1.43. The van der Waals surface area contributed by atoms with Crippen LogP contribution >= 0.6 is 0 Å². The SMILES string of the molecule is CNCC(=O)NC1(CO)CCC1. The minimum absolute atomic E-state index is 0.0359. The van der Waals surface area contributed by atoms with Gasteiger partial charge in [0.25, 0.3) is 0 Å². The van der Waals surface area contributed by atoms with Gasteiger partial charge in [-0.05, 0) is 26.3 Å². The van der Waals surface area contributed by atoms with E-state index in [0.29, 0.717) is 6.54 Å². The first-order valence-electron chi connectivity index (χ1n) is 4.29. The molecule has 0 aromatic heterocycles. The zero-order valence-electron chi connectivity index (χ0n) is 7.39. The van der Waals surface area contributed by atoms with E-state index in [9.17, 15) is 4.79 Å². The first kappa shape index (κ1) is 9.48. The molecular weight excluding hydrogens is 156 g/mol. The molecule has 3 N–H and O–H groups in total. The third-order valence-corrected chi connectivity index (χ3v) is 2.36. The van der Waals surface area contributed by atoms with Gasteiger partial charge in [0, 0.05) is 0 Å². The fourth-order valence-electron chi connectivity index (χ4n) is 1.43. The summed E-state index contributed by atoms with van der Waals surface area (Å²) in [6.45, 7) is 0.379. The predicted octanol–water partition coefficient (Wildman–Crippen LogP) is -0.763. The van der Waals surface area contributed by atoms with Crippen LogP contribution < -0.4 is 10.6 Å². The molecule has 4 heteroatoms. The van der Waals surface area contributed by atoms with Crippen molar-refractivity contribution in [3.05, 3.63) is 0 Å². The molecule has 0 unspecified atom stereocenters. The Morgan fingerprint density at radius 3 is 2.58 bits per heavy atom. The van der Waals surface area contributed by atoms with E-state index in [4.69, 9.17) is 5.11 Å². The fraction of sp³-hybridized carbons (Fsp3) is 0.875. The molecular formula is C8H16N2O2. The van der Waals surface area contributed by atoms with E-state index < -0.39 is 0 Å². The molecule has 1 saturated carbocycles. The lowest BCUT2D eigenvalue weighted by atomic mass is 9.77. The van der Waals surface area contributed by atoms with E-state index in [2.05, 4.69) is 10.6 Å². The Kier molecular flexibility index (Phi) is 3.05. The van der Waals surface area contributed by atoms with Crippen molar-refractivity contribution in [1.29, 1.82) is 0 Å². The zero-order chi connectivity index (χ0) is 9.03. The number of rotatable bonds is 4. The van der Waals surface area contributed by atoms with Gasteiger partial charge in [0.2, 0.25) is 5.91 Å². The van der Waals surface area contributed by atoms with Crippen molar-refractivity contribution >= 4 is 5.91 Å². The number of likely N-dealkylation sites (N-methyl/N-ethyl adjacent to an activating group) is 1. The molecule has 1 amide bonds. The van der Waals surface area contributed by atoms with Gasteiger partial charge >= 0.3 is 0 Å². The smallest absolute Gasteiger partial charge is 0.234 e. The van der Waals surface area contributed by atoms with Crippen LogP contribution in [-0.2, 0) is 4.79 Å². The third-order valence-electron chi connectivity index (χ3n) is 2.36. The summed E-state index contributed by atoms with van der Waals surface area (Å²) in [5.41, 5.74) is -0.298. The molecule has 0 saturated heterocycles. The number of nitrogens with one attached hydrogen (secondary N) is 2. The molecule has 0 radical (unpaired) electrons. The second-order valence-corrected chi connectivity index (χ2v) is 3.37. The second kappa shape index (κ2) is 3.87. The van der Waals surface area contributed by atoms with Crippen molar-refractivity contribution < 1.29 is 9.90 Å². The number of hydrogen-bond donors (Lipinski definition) is 3. The average Bonchev–Trinajstić information content (AvgIpc) is 1.97. The molecule has 0 aliphatic heterocycles. The summed E-state index contributed by atoms with van der Waals surface area (Å²) in [6.07, 6.45) is 2.90. The zero-order valence-corrected chi connectivity index (χ0v) is 7.39. The number of amides is 1. The Balaban J connectivity index is 2.32. The van der Waals surface area contributed by atoms with Gasteiger partial charge in [-0.2, -0.15) is 0 Å². The lowest BCUT2D eigenvalue weighted by molar-refractivity contribution is -0.124. The van der Waals surface area contributed by atoms with Gasteiger partial charge in [-0.1, -0.05) is 0 Å². The Hall–Kier alpha value is -0.610. The molecule has 0 aromatic rings. The molecule has 0 aromatic carbocycles. The molecule has 0 heterocycles. The number of carbonyl (C=O) groups excluding carboxylic acids is 1. The minimum atomic E-state index is -0.298. The molecule has 0 bridgehead atoms. The van der Waals surface area contributed by atoms with Gasteiger partial charge in [-0.25, -0.2) is 0 Å². The molecule has 0 atom stereocenters. The summed E-state index contributed by atoms with van der Waals surface area (Å²) < 4.78 is 0. The Morgan fingerprint density at radius 2 is 2.25 bits per heavy atom. The maximum absolute atomic E-state index is 11.1. The highest BCUT2D eigenvalue weighted by Crippen LogP contribution is 2.30. The highest BCUT2D eigenvalue weighted by molar-refractivity contribution is 5.79. The van der Waals surface area contributed by atoms with Gasteiger partial charge in [-0.3, -0.25) is 4.79 Å². The van der Waals surface area contributed by atoms with Crippen LogP contribution in [0.4, 0.5) is 0 Å². The molecule has 1 aliphatic carbocycles. The quantitative estimate of drug-likeness (QED) is 0.522. The van der Waals surface area contributed by atoms with Gasteiger partial charge in [0.05, 0.1) is 18.7 Å². The molecule has 4 nitrogen and oxygen atoms in total. The molecule has 12 heavy (non-hydrogen) atoms. The van der Waals surface area contributed by atoms with Crippen LogP contribution in [0.15, 0.2) is 0 Å². The summed E-state index contributed by atoms with van der Waals surface area (Å²) in [5.74, 6) is -0.0359. The summed E-state index contributed by atoms with van der Waals surface area (Å²) in [7, 11) is 1.73. The van der Waals surface area contributed by atoms with Gasteiger partial charge in [0.1, 0.15) is 0 Å². The first-order chi connectivity index (χ1) is 5.72. The van der Waals surface area contributed by atoms with E-state index in [1.165, 1.54) is 0 Å². The van der Waals surface area contributed by atoms with Crippen molar-refractivity contribution in [1.82, 2.24) is 10.6 Å². The topological polar surface area (TPSA) is 61.4 Å². The minimum Gasteiger partial charge on any atom is -0.394 e. The Bertz CT molecular complexity index is 161.